The van der Waals surface area contributed by atoms with Crippen LogP contribution in [0.3, 0.4) is 0 Å². The van der Waals surface area contributed by atoms with Crippen LogP contribution in [0.1, 0.15) is 43.5 Å². The summed E-state index contributed by atoms with van der Waals surface area (Å²) in [5.74, 6) is 1.51. The summed E-state index contributed by atoms with van der Waals surface area (Å²) < 4.78 is 0. The minimum absolute atomic E-state index is 0.0926. The van der Waals surface area contributed by atoms with Gasteiger partial charge < -0.3 is 4.90 Å². The van der Waals surface area contributed by atoms with Crippen LogP contribution in [-0.2, 0) is 0 Å². The highest BCUT2D eigenvalue weighted by Crippen LogP contribution is 2.32. The van der Waals surface area contributed by atoms with Crippen molar-refractivity contribution in [3.05, 3.63) is 36.2 Å². The van der Waals surface area contributed by atoms with E-state index in [4.69, 9.17) is 0 Å². The molecule has 138 valence electrons. The Labute approximate surface area is 155 Å². The van der Waals surface area contributed by atoms with Gasteiger partial charge in [-0.15, -0.1) is 0 Å². The van der Waals surface area contributed by atoms with E-state index in [1.807, 2.05) is 23.1 Å². The van der Waals surface area contributed by atoms with Crippen LogP contribution in [0.15, 0.2) is 30.6 Å². The Kier molecular flexibility index (Phi) is 4.90. The van der Waals surface area contributed by atoms with Gasteiger partial charge in [0.2, 0.25) is 0 Å². The van der Waals surface area contributed by atoms with Gasteiger partial charge in [0.05, 0.1) is 11.1 Å². The molecule has 0 spiro atoms. The van der Waals surface area contributed by atoms with E-state index >= 15 is 0 Å². The van der Waals surface area contributed by atoms with E-state index < -0.39 is 0 Å². The van der Waals surface area contributed by atoms with Gasteiger partial charge >= 0.3 is 0 Å². The Bertz CT molecular complexity index is 781. The van der Waals surface area contributed by atoms with E-state index in [-0.39, 0.29) is 5.91 Å². The predicted molar refractivity (Wildman–Crippen MR) is 103 cm³/mol. The summed E-state index contributed by atoms with van der Waals surface area (Å²) in [5, 5.41) is 0. The molecule has 2 aromatic rings. The molecule has 1 aliphatic carbocycles. The van der Waals surface area contributed by atoms with E-state index in [9.17, 15) is 4.79 Å². The van der Waals surface area contributed by atoms with E-state index in [1.165, 1.54) is 19.4 Å². The number of amides is 1. The maximum atomic E-state index is 13.3. The minimum Gasteiger partial charge on any atom is -0.337 e. The topological polar surface area (TPSA) is 49.3 Å². The third kappa shape index (κ3) is 3.58. The van der Waals surface area contributed by atoms with E-state index in [2.05, 4.69) is 28.7 Å². The molecule has 1 amide bonds. The molecule has 1 saturated heterocycles. The molecule has 1 aromatic heterocycles. The van der Waals surface area contributed by atoms with Crippen molar-refractivity contribution >= 4 is 16.9 Å². The van der Waals surface area contributed by atoms with Gasteiger partial charge in [-0.25, -0.2) is 0 Å². The van der Waals surface area contributed by atoms with Crippen LogP contribution in [0.2, 0.25) is 0 Å². The first kappa shape index (κ1) is 17.4. The van der Waals surface area contributed by atoms with Crippen LogP contribution in [0, 0.1) is 11.8 Å². The van der Waals surface area contributed by atoms with E-state index in [0.29, 0.717) is 23.0 Å². The molecule has 1 atom stereocenters. The van der Waals surface area contributed by atoms with Crippen molar-refractivity contribution in [2.75, 3.05) is 26.2 Å². The van der Waals surface area contributed by atoms with E-state index in [1.54, 1.807) is 12.4 Å². The summed E-state index contributed by atoms with van der Waals surface area (Å²) in [6.45, 7) is 8.48. The third-order valence-corrected chi connectivity index (χ3v) is 5.73. The zero-order valence-electron chi connectivity index (χ0n) is 15.8. The van der Waals surface area contributed by atoms with Crippen LogP contribution in [0.4, 0.5) is 0 Å². The van der Waals surface area contributed by atoms with Crippen molar-refractivity contribution in [3.63, 3.8) is 0 Å². The lowest BCUT2D eigenvalue weighted by Crippen LogP contribution is -2.46. The minimum atomic E-state index is 0.0926. The summed E-state index contributed by atoms with van der Waals surface area (Å²) in [7, 11) is 0. The standard InChI is InChI=1S/C21H28N4O/c1-15(2)19-14-25(12-4-11-24(19)13-16-7-8-16)21(26)17-5-3-6-18-20(17)23-10-9-22-18/h3,5-6,9-10,15-16,19H,4,7-8,11-14H2,1-2H3. The van der Waals surface area contributed by atoms with Crippen molar-refractivity contribution in [1.29, 1.82) is 0 Å². The largest absolute Gasteiger partial charge is 0.337 e. The number of nitrogens with zero attached hydrogens (tertiary/aromatic N) is 4. The summed E-state index contributed by atoms with van der Waals surface area (Å²) in [6, 6.07) is 6.14. The number of para-hydroxylation sites is 1. The monoisotopic (exact) mass is 352 g/mol. The summed E-state index contributed by atoms with van der Waals surface area (Å²) >= 11 is 0. The molecule has 0 bridgehead atoms. The van der Waals surface area contributed by atoms with Gasteiger partial charge in [0.15, 0.2) is 0 Å². The first-order valence-corrected chi connectivity index (χ1v) is 9.86. The average molecular weight is 352 g/mol. The fourth-order valence-corrected chi connectivity index (χ4v) is 4.07. The van der Waals surface area contributed by atoms with Crippen molar-refractivity contribution < 1.29 is 4.79 Å². The van der Waals surface area contributed by atoms with Gasteiger partial charge in [0.25, 0.3) is 5.91 Å². The van der Waals surface area contributed by atoms with Crippen LogP contribution in [0.5, 0.6) is 0 Å². The fraction of sp³-hybridized carbons (Fsp3) is 0.571. The molecule has 0 N–H and O–H groups in total. The fourth-order valence-electron chi connectivity index (χ4n) is 4.07. The zero-order valence-corrected chi connectivity index (χ0v) is 15.8. The average Bonchev–Trinajstić information content (AvgIpc) is 3.48. The highest BCUT2D eigenvalue weighted by atomic mass is 16.2. The van der Waals surface area contributed by atoms with Crippen LogP contribution < -0.4 is 0 Å². The highest BCUT2D eigenvalue weighted by molar-refractivity contribution is 6.04. The van der Waals surface area contributed by atoms with Crippen molar-refractivity contribution in [2.45, 2.75) is 39.2 Å². The summed E-state index contributed by atoms with van der Waals surface area (Å²) in [5.41, 5.74) is 2.16. The molecule has 2 heterocycles. The second kappa shape index (κ2) is 7.31. The zero-order chi connectivity index (χ0) is 18.1. The first-order chi connectivity index (χ1) is 12.6. The molecule has 4 rings (SSSR count). The molecule has 1 unspecified atom stereocenters. The molecule has 2 fully saturated rings. The van der Waals surface area contributed by atoms with Crippen LogP contribution in [0.25, 0.3) is 11.0 Å². The number of carbonyl (C=O) groups excluding carboxylic acids is 1. The van der Waals surface area contributed by atoms with Gasteiger partial charge in [-0.2, -0.15) is 0 Å². The van der Waals surface area contributed by atoms with Gasteiger partial charge in [0, 0.05) is 44.6 Å². The van der Waals surface area contributed by atoms with Gasteiger partial charge in [-0.05, 0) is 43.2 Å². The lowest BCUT2D eigenvalue weighted by Gasteiger charge is -2.34. The molecule has 5 heteroatoms. The number of rotatable bonds is 4. The molecular formula is C21H28N4O. The van der Waals surface area contributed by atoms with Gasteiger partial charge in [-0.1, -0.05) is 19.9 Å². The smallest absolute Gasteiger partial charge is 0.256 e. The van der Waals surface area contributed by atoms with Crippen LogP contribution in [-0.4, -0.2) is 57.9 Å². The Hall–Kier alpha value is -2.01. The van der Waals surface area contributed by atoms with Gasteiger partial charge in [-0.3, -0.25) is 19.7 Å². The van der Waals surface area contributed by atoms with Crippen molar-refractivity contribution in [3.8, 4) is 0 Å². The molecule has 0 radical (unpaired) electrons. The Morgan fingerprint density at radius 1 is 1.19 bits per heavy atom. The number of fused-ring (bicyclic) bond motifs is 1. The summed E-state index contributed by atoms with van der Waals surface area (Å²) in [4.78, 5) is 26.8. The number of benzene rings is 1. The predicted octanol–water partition coefficient (Wildman–Crippen LogP) is 3.21. The molecule has 5 nitrogen and oxygen atoms in total. The molecule has 26 heavy (non-hydrogen) atoms. The Balaban J connectivity index is 1.58. The lowest BCUT2D eigenvalue weighted by atomic mass is 10.0. The number of hydrogen-bond acceptors (Lipinski definition) is 4. The van der Waals surface area contributed by atoms with Crippen molar-refractivity contribution in [2.24, 2.45) is 11.8 Å². The quantitative estimate of drug-likeness (QED) is 0.848. The normalized spacial score (nSPS) is 22.0. The van der Waals surface area contributed by atoms with E-state index in [0.717, 1.165) is 37.5 Å². The number of aromatic nitrogens is 2. The van der Waals surface area contributed by atoms with Crippen LogP contribution >= 0.6 is 0 Å². The molecule has 2 aliphatic rings. The lowest BCUT2D eigenvalue weighted by molar-refractivity contribution is 0.0706. The molecule has 1 aromatic carbocycles. The second-order valence-corrected chi connectivity index (χ2v) is 8.08. The summed E-state index contributed by atoms with van der Waals surface area (Å²) in [6.07, 6.45) is 7.12. The highest BCUT2D eigenvalue weighted by Gasteiger charge is 2.33. The maximum Gasteiger partial charge on any atom is 0.256 e. The number of carbonyl (C=O) groups is 1. The van der Waals surface area contributed by atoms with Gasteiger partial charge in [0.1, 0.15) is 5.52 Å². The molecular weight excluding hydrogens is 324 g/mol. The first-order valence-electron chi connectivity index (χ1n) is 9.86. The molecule has 1 aliphatic heterocycles. The van der Waals surface area contributed by atoms with Crippen molar-refractivity contribution in [1.82, 2.24) is 19.8 Å². The third-order valence-electron chi connectivity index (χ3n) is 5.73. The second-order valence-electron chi connectivity index (χ2n) is 8.08. The molecule has 1 saturated carbocycles. The Morgan fingerprint density at radius 3 is 2.77 bits per heavy atom. The Morgan fingerprint density at radius 2 is 2.00 bits per heavy atom. The SMILES string of the molecule is CC(C)C1CN(C(=O)c2cccc3nccnc23)CCCN1CC1CC1. The maximum absolute atomic E-state index is 13.3. The number of hydrogen-bond donors (Lipinski definition) is 0.